The van der Waals surface area contributed by atoms with Gasteiger partial charge in [0.05, 0.1) is 11.6 Å². The van der Waals surface area contributed by atoms with Gasteiger partial charge >= 0.3 is 0 Å². The number of hydrogen-bond donors (Lipinski definition) is 1. The molecule has 3 aromatic rings. The summed E-state index contributed by atoms with van der Waals surface area (Å²) < 4.78 is 6.70. The largest absolute Gasteiger partial charge is 0.503 e. The van der Waals surface area contributed by atoms with Crippen molar-refractivity contribution in [1.29, 1.82) is 0 Å². The van der Waals surface area contributed by atoms with E-state index in [0.717, 1.165) is 40.7 Å². The number of anilines is 1. The highest BCUT2D eigenvalue weighted by atomic mass is 79.9. The first-order chi connectivity index (χ1) is 17.2. The molecule has 0 fully saturated rings. The molecule has 1 atom stereocenters. The van der Waals surface area contributed by atoms with Gasteiger partial charge in [0.1, 0.15) is 5.58 Å². The SMILES string of the molecule is CCN(CC)c1ccc(C2C(C(=O)c3cc4cc(Br)ccc4o3)=C(O)C(=O)N2CCCN(C)C)cc1. The number of ketones is 1. The number of carbonyl (C=O) groups is 2. The molecule has 1 unspecified atom stereocenters. The van der Waals surface area contributed by atoms with Crippen LogP contribution >= 0.6 is 15.9 Å². The maximum Gasteiger partial charge on any atom is 0.290 e. The third-order valence-electron chi connectivity index (χ3n) is 6.59. The van der Waals surface area contributed by atoms with Crippen molar-refractivity contribution in [3.05, 3.63) is 75.7 Å². The molecule has 1 aliphatic heterocycles. The van der Waals surface area contributed by atoms with Gasteiger partial charge in [-0.05, 0) is 82.9 Å². The number of halogens is 1. The van der Waals surface area contributed by atoms with Gasteiger partial charge in [0.25, 0.3) is 5.91 Å². The Morgan fingerprint density at radius 3 is 2.42 bits per heavy atom. The zero-order chi connectivity index (χ0) is 26.0. The Morgan fingerprint density at radius 2 is 1.78 bits per heavy atom. The quantitative estimate of drug-likeness (QED) is 0.330. The monoisotopic (exact) mass is 553 g/mol. The number of furan rings is 1. The first-order valence-corrected chi connectivity index (χ1v) is 13.0. The minimum atomic E-state index is -0.696. The topological polar surface area (TPSA) is 77.2 Å². The summed E-state index contributed by atoms with van der Waals surface area (Å²) in [5, 5.41) is 11.7. The van der Waals surface area contributed by atoms with Gasteiger partial charge in [0.2, 0.25) is 5.78 Å². The van der Waals surface area contributed by atoms with E-state index >= 15 is 0 Å². The van der Waals surface area contributed by atoms with Crippen molar-refractivity contribution in [2.24, 2.45) is 0 Å². The molecular weight excluding hydrogens is 522 g/mol. The zero-order valence-electron chi connectivity index (χ0n) is 21.1. The number of amides is 1. The molecule has 2 aromatic carbocycles. The highest BCUT2D eigenvalue weighted by molar-refractivity contribution is 9.10. The number of carbonyl (C=O) groups excluding carboxylic acids is 2. The lowest BCUT2D eigenvalue weighted by atomic mass is 9.94. The second-order valence-corrected chi connectivity index (χ2v) is 10.1. The molecule has 190 valence electrons. The van der Waals surface area contributed by atoms with Crippen molar-refractivity contribution in [2.75, 3.05) is 45.2 Å². The number of hydrogen-bond acceptors (Lipinski definition) is 6. The fraction of sp³-hybridized carbons (Fsp3) is 0.357. The average molecular weight is 554 g/mol. The van der Waals surface area contributed by atoms with Crippen LogP contribution in [0.4, 0.5) is 5.69 Å². The molecule has 0 radical (unpaired) electrons. The van der Waals surface area contributed by atoms with Crippen LogP contribution in [0.25, 0.3) is 11.0 Å². The molecule has 1 aromatic heterocycles. The summed E-state index contributed by atoms with van der Waals surface area (Å²) in [6, 6.07) is 14.3. The Kier molecular flexibility index (Phi) is 7.85. The number of nitrogens with zero attached hydrogens (tertiary/aromatic N) is 3. The lowest BCUT2D eigenvalue weighted by molar-refractivity contribution is -0.129. The molecule has 1 N–H and O–H groups in total. The molecule has 0 aliphatic carbocycles. The molecule has 0 saturated heterocycles. The lowest BCUT2D eigenvalue weighted by Crippen LogP contribution is -2.33. The predicted molar refractivity (Wildman–Crippen MR) is 146 cm³/mol. The van der Waals surface area contributed by atoms with Crippen LogP contribution in [0, 0.1) is 0 Å². The van der Waals surface area contributed by atoms with E-state index in [2.05, 4.69) is 34.7 Å². The van der Waals surface area contributed by atoms with Crippen molar-refractivity contribution >= 4 is 44.3 Å². The molecule has 0 saturated carbocycles. The molecule has 8 heteroatoms. The molecule has 0 spiro atoms. The van der Waals surface area contributed by atoms with Gasteiger partial charge in [0, 0.05) is 35.2 Å². The highest BCUT2D eigenvalue weighted by Crippen LogP contribution is 2.40. The van der Waals surface area contributed by atoms with Crippen LogP contribution in [0.15, 0.2) is 68.8 Å². The van der Waals surface area contributed by atoms with E-state index in [4.69, 9.17) is 4.42 Å². The van der Waals surface area contributed by atoms with Gasteiger partial charge in [-0.2, -0.15) is 0 Å². The van der Waals surface area contributed by atoms with E-state index < -0.39 is 23.5 Å². The van der Waals surface area contributed by atoms with E-state index in [1.165, 1.54) is 0 Å². The summed E-state index contributed by atoms with van der Waals surface area (Å²) in [7, 11) is 3.94. The summed E-state index contributed by atoms with van der Waals surface area (Å²) in [5.41, 5.74) is 2.46. The molecule has 0 bridgehead atoms. The molecule has 4 rings (SSSR count). The third kappa shape index (κ3) is 5.06. The van der Waals surface area contributed by atoms with Crippen molar-refractivity contribution in [3.63, 3.8) is 0 Å². The van der Waals surface area contributed by atoms with Crippen LogP contribution < -0.4 is 4.90 Å². The Morgan fingerprint density at radius 1 is 1.08 bits per heavy atom. The van der Waals surface area contributed by atoms with Crippen LogP contribution in [0.5, 0.6) is 0 Å². The first-order valence-electron chi connectivity index (χ1n) is 12.2. The highest BCUT2D eigenvalue weighted by Gasteiger charge is 2.44. The van der Waals surface area contributed by atoms with Crippen molar-refractivity contribution in [2.45, 2.75) is 26.3 Å². The van der Waals surface area contributed by atoms with Crippen LogP contribution in [0.3, 0.4) is 0 Å². The number of aliphatic hydroxyl groups is 1. The summed E-state index contributed by atoms with van der Waals surface area (Å²) in [6.07, 6.45) is 0.709. The third-order valence-corrected chi connectivity index (χ3v) is 7.09. The minimum Gasteiger partial charge on any atom is -0.503 e. The van der Waals surface area contributed by atoms with E-state index in [1.807, 2.05) is 55.4 Å². The van der Waals surface area contributed by atoms with Crippen LogP contribution in [0.2, 0.25) is 0 Å². The normalized spacial score (nSPS) is 16.0. The molecule has 2 heterocycles. The lowest BCUT2D eigenvalue weighted by Gasteiger charge is -2.28. The smallest absolute Gasteiger partial charge is 0.290 e. The maximum atomic E-state index is 13.7. The van der Waals surface area contributed by atoms with Crippen molar-refractivity contribution < 1.29 is 19.1 Å². The predicted octanol–water partition coefficient (Wildman–Crippen LogP) is 5.57. The number of rotatable bonds is 10. The van der Waals surface area contributed by atoms with Gasteiger partial charge in [-0.15, -0.1) is 0 Å². The second kappa shape index (κ2) is 10.9. The van der Waals surface area contributed by atoms with E-state index in [-0.39, 0.29) is 11.3 Å². The van der Waals surface area contributed by atoms with Crippen molar-refractivity contribution in [3.8, 4) is 0 Å². The second-order valence-electron chi connectivity index (χ2n) is 9.21. The van der Waals surface area contributed by atoms with Crippen LogP contribution in [-0.2, 0) is 4.79 Å². The number of fused-ring (bicyclic) bond motifs is 1. The van der Waals surface area contributed by atoms with Gasteiger partial charge < -0.3 is 24.2 Å². The van der Waals surface area contributed by atoms with Gasteiger partial charge in [-0.1, -0.05) is 28.1 Å². The van der Waals surface area contributed by atoms with Crippen molar-refractivity contribution in [1.82, 2.24) is 9.80 Å². The van der Waals surface area contributed by atoms with E-state index in [9.17, 15) is 14.7 Å². The summed E-state index contributed by atoms with van der Waals surface area (Å²) in [6.45, 7) is 7.14. The van der Waals surface area contributed by atoms with E-state index in [1.54, 1.807) is 17.0 Å². The molecule has 36 heavy (non-hydrogen) atoms. The van der Waals surface area contributed by atoms with Crippen LogP contribution in [0.1, 0.15) is 42.4 Å². The van der Waals surface area contributed by atoms with Crippen LogP contribution in [-0.4, -0.2) is 66.9 Å². The van der Waals surface area contributed by atoms with E-state index in [0.29, 0.717) is 18.5 Å². The summed E-state index contributed by atoms with van der Waals surface area (Å²) >= 11 is 3.44. The number of Topliss-reactive ketones (excluding diaryl/α,β-unsaturated/α-hetero) is 1. The Bertz CT molecular complexity index is 1290. The van der Waals surface area contributed by atoms with Gasteiger partial charge in [-0.25, -0.2) is 0 Å². The Balaban J connectivity index is 1.74. The van der Waals surface area contributed by atoms with Gasteiger partial charge in [0.15, 0.2) is 11.5 Å². The fourth-order valence-electron chi connectivity index (χ4n) is 4.74. The molecular formula is C28H32BrN3O4. The standard InChI is InChI=1S/C28H32BrN3O4/c1-5-31(6-2)21-11-8-18(9-12-21)25-24(27(34)28(35)32(25)15-7-14-30(3)4)26(33)23-17-19-16-20(29)10-13-22(19)36-23/h8-13,16-17,25,34H,5-7,14-15H2,1-4H3. The maximum absolute atomic E-state index is 13.7. The molecule has 1 aliphatic rings. The fourth-order valence-corrected chi connectivity index (χ4v) is 5.11. The Labute approximate surface area is 220 Å². The average Bonchev–Trinajstić information content (AvgIpc) is 3.39. The Hall–Kier alpha value is -3.10. The molecule has 1 amide bonds. The minimum absolute atomic E-state index is 0.0542. The zero-order valence-corrected chi connectivity index (χ0v) is 22.7. The van der Waals surface area contributed by atoms with Gasteiger partial charge in [-0.3, -0.25) is 9.59 Å². The molecule has 7 nitrogen and oxygen atoms in total. The first kappa shape index (κ1) is 26.0. The summed E-state index contributed by atoms with van der Waals surface area (Å²) in [4.78, 5) is 32.8. The number of benzene rings is 2. The number of aliphatic hydroxyl groups excluding tert-OH is 1. The summed E-state index contributed by atoms with van der Waals surface area (Å²) in [5.74, 6) is -1.43.